The van der Waals surface area contributed by atoms with Crippen LogP contribution < -0.4 is 5.73 Å². The lowest BCUT2D eigenvalue weighted by Crippen LogP contribution is -2.41. The molecular formula is C14H28N2O. The lowest BCUT2D eigenvalue weighted by molar-refractivity contribution is 0.130. The van der Waals surface area contributed by atoms with Crippen molar-refractivity contribution in [3.8, 4) is 0 Å². The lowest BCUT2D eigenvalue weighted by Gasteiger charge is -2.33. The van der Waals surface area contributed by atoms with E-state index in [1.54, 1.807) is 0 Å². The molecule has 17 heavy (non-hydrogen) atoms. The fourth-order valence-electron chi connectivity index (χ4n) is 3.66. The van der Waals surface area contributed by atoms with E-state index in [0.717, 1.165) is 31.0 Å². The van der Waals surface area contributed by atoms with Crippen LogP contribution in [0.25, 0.3) is 0 Å². The summed E-state index contributed by atoms with van der Waals surface area (Å²) in [4.78, 5) is 2.70. The van der Waals surface area contributed by atoms with Gasteiger partial charge >= 0.3 is 0 Å². The van der Waals surface area contributed by atoms with E-state index < -0.39 is 0 Å². The number of nitrogens with two attached hydrogens (primary N) is 1. The molecule has 3 nitrogen and oxygen atoms in total. The van der Waals surface area contributed by atoms with Crippen molar-refractivity contribution in [1.29, 1.82) is 0 Å². The van der Waals surface area contributed by atoms with E-state index in [1.807, 2.05) is 7.11 Å². The Morgan fingerprint density at radius 1 is 1.18 bits per heavy atom. The minimum Gasteiger partial charge on any atom is -0.384 e. The molecule has 3 unspecified atom stereocenters. The minimum atomic E-state index is 0.735. The predicted octanol–water partition coefficient (Wildman–Crippen LogP) is 1.86. The highest BCUT2D eigenvalue weighted by Gasteiger charge is 2.32. The van der Waals surface area contributed by atoms with Crippen LogP contribution in [0.4, 0.5) is 0 Å². The van der Waals surface area contributed by atoms with Crippen molar-refractivity contribution in [2.75, 3.05) is 33.4 Å². The monoisotopic (exact) mass is 240 g/mol. The van der Waals surface area contributed by atoms with E-state index in [9.17, 15) is 0 Å². The van der Waals surface area contributed by atoms with Crippen LogP contribution in [-0.2, 0) is 4.74 Å². The normalized spacial score (nSPS) is 36.0. The maximum atomic E-state index is 5.97. The van der Waals surface area contributed by atoms with Gasteiger partial charge in [0.2, 0.25) is 0 Å². The summed E-state index contributed by atoms with van der Waals surface area (Å²) in [5.41, 5.74) is 5.97. The van der Waals surface area contributed by atoms with Crippen molar-refractivity contribution >= 4 is 0 Å². The lowest BCUT2D eigenvalue weighted by atomic mass is 9.93. The molecule has 0 radical (unpaired) electrons. The van der Waals surface area contributed by atoms with Crippen molar-refractivity contribution in [3.05, 3.63) is 0 Å². The van der Waals surface area contributed by atoms with Crippen LogP contribution in [0, 0.1) is 11.8 Å². The van der Waals surface area contributed by atoms with Gasteiger partial charge in [0, 0.05) is 19.7 Å². The van der Waals surface area contributed by atoms with E-state index in [4.69, 9.17) is 10.5 Å². The summed E-state index contributed by atoms with van der Waals surface area (Å²) in [5, 5.41) is 0. The van der Waals surface area contributed by atoms with Crippen LogP contribution in [0.1, 0.15) is 38.5 Å². The van der Waals surface area contributed by atoms with Crippen LogP contribution in [0.5, 0.6) is 0 Å². The second kappa shape index (κ2) is 6.72. The van der Waals surface area contributed by atoms with Crippen LogP contribution in [0.15, 0.2) is 0 Å². The van der Waals surface area contributed by atoms with E-state index in [0.29, 0.717) is 0 Å². The number of methoxy groups -OCH3 is 1. The predicted molar refractivity (Wildman–Crippen MR) is 71.0 cm³/mol. The van der Waals surface area contributed by atoms with E-state index in [2.05, 4.69) is 4.90 Å². The third-order valence-electron chi connectivity index (χ3n) is 4.61. The van der Waals surface area contributed by atoms with Crippen LogP contribution in [0.2, 0.25) is 0 Å². The standard InChI is InChI=1S/C14H28N2O/c1-17-11-12-7-8-16(10-12)14-6-4-2-3-5-13(14)9-15/h12-14H,2-11,15H2,1H3. The van der Waals surface area contributed by atoms with E-state index >= 15 is 0 Å². The molecule has 2 aliphatic rings. The van der Waals surface area contributed by atoms with Crippen LogP contribution in [0.3, 0.4) is 0 Å². The highest BCUT2D eigenvalue weighted by Crippen LogP contribution is 2.30. The van der Waals surface area contributed by atoms with E-state index in [-0.39, 0.29) is 0 Å². The highest BCUT2D eigenvalue weighted by molar-refractivity contribution is 4.87. The molecule has 0 aromatic rings. The Kier molecular flexibility index (Phi) is 5.26. The SMILES string of the molecule is COCC1CCN(C2CCCCCC2CN)C1. The summed E-state index contributed by atoms with van der Waals surface area (Å²) in [6.07, 6.45) is 8.19. The van der Waals surface area contributed by atoms with Crippen molar-refractivity contribution in [3.63, 3.8) is 0 Å². The van der Waals surface area contributed by atoms with Crippen LogP contribution in [-0.4, -0.2) is 44.3 Å². The molecular weight excluding hydrogens is 212 g/mol. The molecule has 1 saturated heterocycles. The average Bonchev–Trinajstić information content (AvgIpc) is 2.66. The molecule has 0 bridgehead atoms. The Bertz CT molecular complexity index is 222. The maximum Gasteiger partial charge on any atom is 0.0503 e. The molecule has 0 amide bonds. The van der Waals surface area contributed by atoms with Gasteiger partial charge in [0.1, 0.15) is 0 Å². The Balaban J connectivity index is 1.90. The molecule has 3 heteroatoms. The zero-order valence-corrected chi connectivity index (χ0v) is 11.2. The molecule has 1 aliphatic heterocycles. The highest BCUT2D eigenvalue weighted by atomic mass is 16.5. The summed E-state index contributed by atoms with van der Waals surface area (Å²) in [5.74, 6) is 1.49. The zero-order valence-electron chi connectivity index (χ0n) is 11.2. The molecule has 1 heterocycles. The van der Waals surface area contributed by atoms with Gasteiger partial charge in [0.05, 0.1) is 6.61 Å². The first-order valence-electron chi connectivity index (χ1n) is 7.28. The number of nitrogens with zero attached hydrogens (tertiary/aromatic N) is 1. The van der Waals surface area contributed by atoms with Gasteiger partial charge in [-0.15, -0.1) is 0 Å². The summed E-state index contributed by atoms with van der Waals surface area (Å²) >= 11 is 0. The quantitative estimate of drug-likeness (QED) is 0.762. The third kappa shape index (κ3) is 3.43. The molecule has 3 atom stereocenters. The Hall–Kier alpha value is -0.120. The maximum absolute atomic E-state index is 5.97. The van der Waals surface area contributed by atoms with Crippen molar-refractivity contribution in [2.24, 2.45) is 17.6 Å². The number of likely N-dealkylation sites (tertiary alicyclic amines) is 1. The third-order valence-corrected chi connectivity index (χ3v) is 4.61. The van der Waals surface area contributed by atoms with Gasteiger partial charge < -0.3 is 10.5 Å². The second-order valence-electron chi connectivity index (χ2n) is 5.81. The molecule has 2 N–H and O–H groups in total. The summed E-state index contributed by atoms with van der Waals surface area (Å²) in [7, 11) is 1.82. The largest absolute Gasteiger partial charge is 0.384 e. The van der Waals surface area contributed by atoms with Gasteiger partial charge in [-0.05, 0) is 44.2 Å². The summed E-state index contributed by atoms with van der Waals surface area (Å²) in [6.45, 7) is 4.29. The van der Waals surface area contributed by atoms with Crippen molar-refractivity contribution < 1.29 is 4.74 Å². The number of rotatable bonds is 4. The first-order valence-corrected chi connectivity index (χ1v) is 7.28. The van der Waals surface area contributed by atoms with Crippen molar-refractivity contribution in [1.82, 2.24) is 4.90 Å². The molecule has 0 spiro atoms. The fourth-order valence-corrected chi connectivity index (χ4v) is 3.66. The average molecular weight is 240 g/mol. The number of ether oxygens (including phenoxy) is 1. The Morgan fingerprint density at radius 3 is 2.76 bits per heavy atom. The molecule has 2 fully saturated rings. The molecule has 100 valence electrons. The van der Waals surface area contributed by atoms with Gasteiger partial charge in [-0.1, -0.05) is 19.3 Å². The van der Waals surface area contributed by atoms with Gasteiger partial charge in [-0.25, -0.2) is 0 Å². The molecule has 1 aliphatic carbocycles. The fraction of sp³-hybridized carbons (Fsp3) is 1.00. The first kappa shape index (κ1) is 13.3. The van der Waals surface area contributed by atoms with Gasteiger partial charge in [0.15, 0.2) is 0 Å². The van der Waals surface area contributed by atoms with E-state index in [1.165, 1.54) is 51.6 Å². The molecule has 1 saturated carbocycles. The molecule has 0 aromatic carbocycles. The van der Waals surface area contributed by atoms with Crippen molar-refractivity contribution in [2.45, 2.75) is 44.6 Å². The van der Waals surface area contributed by atoms with Gasteiger partial charge in [-0.2, -0.15) is 0 Å². The first-order chi connectivity index (χ1) is 8.35. The number of hydrogen-bond acceptors (Lipinski definition) is 3. The summed E-state index contributed by atoms with van der Waals surface area (Å²) in [6, 6.07) is 0.754. The van der Waals surface area contributed by atoms with Gasteiger partial charge in [0.25, 0.3) is 0 Å². The molecule has 2 rings (SSSR count). The Morgan fingerprint density at radius 2 is 2.00 bits per heavy atom. The minimum absolute atomic E-state index is 0.735. The summed E-state index contributed by atoms with van der Waals surface area (Å²) < 4.78 is 5.29. The van der Waals surface area contributed by atoms with Gasteiger partial charge in [-0.3, -0.25) is 4.90 Å². The number of hydrogen-bond donors (Lipinski definition) is 1. The Labute approximate surface area is 106 Å². The molecule has 0 aromatic heterocycles. The topological polar surface area (TPSA) is 38.5 Å². The zero-order chi connectivity index (χ0) is 12.1. The van der Waals surface area contributed by atoms with Crippen LogP contribution >= 0.6 is 0 Å². The second-order valence-corrected chi connectivity index (χ2v) is 5.81. The smallest absolute Gasteiger partial charge is 0.0503 e.